The van der Waals surface area contributed by atoms with Crippen LogP contribution in [0.3, 0.4) is 0 Å². The Morgan fingerprint density at radius 3 is 1.46 bits per heavy atom. The Bertz CT molecular complexity index is 240. The van der Waals surface area contributed by atoms with Crippen molar-refractivity contribution in [3.05, 3.63) is 27.5 Å². The van der Waals surface area contributed by atoms with E-state index in [1.165, 1.54) is 0 Å². The molecule has 0 heterocycles. The first-order valence-corrected chi connectivity index (χ1v) is 4.26. The third kappa shape index (κ3) is 2.44. The molecule has 1 aromatic carbocycles. The molecule has 0 N–H and O–H groups in total. The molecule has 1 aromatic rings. The average Bonchev–Trinajstić information content (AvgIpc) is 2.08. The van der Waals surface area contributed by atoms with Gasteiger partial charge in [-0.15, -0.1) is 0 Å². The molecule has 68 valence electrons. The van der Waals surface area contributed by atoms with Crippen LogP contribution in [0.4, 0.5) is 13.2 Å². The zero-order valence-corrected chi connectivity index (χ0v) is 10.5. The van der Waals surface area contributed by atoms with Gasteiger partial charge in [0.15, 0.2) is 0 Å². The van der Waals surface area contributed by atoms with Crippen LogP contribution >= 0.6 is 23.2 Å². The minimum Gasteiger partial charge on any atom is -1.00 e. The van der Waals surface area contributed by atoms with Crippen molar-refractivity contribution in [2.45, 2.75) is 0 Å². The van der Waals surface area contributed by atoms with Gasteiger partial charge in [0.1, 0.15) is 0 Å². The van der Waals surface area contributed by atoms with Gasteiger partial charge in [0, 0.05) is 0 Å². The molecule has 0 atom stereocenters. The van der Waals surface area contributed by atoms with E-state index in [0.717, 1.165) is 21.7 Å². The Morgan fingerprint density at radius 2 is 1.15 bits per heavy atom. The Morgan fingerprint density at radius 1 is 0.846 bits per heavy atom. The minimum absolute atomic E-state index is 0. The number of rotatable bonds is 0. The van der Waals surface area contributed by atoms with Gasteiger partial charge in [0.05, 0.1) is 0 Å². The molecule has 0 radical (unpaired) electrons. The van der Waals surface area contributed by atoms with E-state index in [-0.39, 0.29) is 20.7 Å². The standard InChI is InChI=1S/C6Cl2F3.BrH.Mg/c7-4-2(9)1-3(10)5(8)6(4)11;;/h;1H;/q;;+1/p-1. The van der Waals surface area contributed by atoms with E-state index in [2.05, 4.69) is 0 Å². The second kappa shape index (κ2) is 5.07. The van der Waals surface area contributed by atoms with E-state index in [4.69, 9.17) is 23.2 Å². The van der Waals surface area contributed by atoms with Gasteiger partial charge < -0.3 is 17.0 Å². The molecule has 0 bridgehead atoms. The summed E-state index contributed by atoms with van der Waals surface area (Å²) in [6, 6.07) is 0. The summed E-state index contributed by atoms with van der Waals surface area (Å²) in [5.74, 6) is -3.47. The summed E-state index contributed by atoms with van der Waals surface area (Å²) >= 11 is 11.2. The van der Waals surface area contributed by atoms with Crippen molar-refractivity contribution in [2.75, 3.05) is 0 Å². The maximum absolute atomic E-state index is 12.8. The van der Waals surface area contributed by atoms with Crippen molar-refractivity contribution in [1.82, 2.24) is 0 Å². The first-order valence-electron chi connectivity index (χ1n) is 2.80. The van der Waals surface area contributed by atoms with E-state index >= 15 is 0 Å². The van der Waals surface area contributed by atoms with Crippen LogP contribution in [0.1, 0.15) is 0 Å². The molecular formula is C6BrCl2F3Mg. The Hall–Kier alpha value is 0.836. The van der Waals surface area contributed by atoms with Gasteiger partial charge in [0.2, 0.25) is 0 Å². The van der Waals surface area contributed by atoms with Gasteiger partial charge in [-0.1, -0.05) is 0 Å². The van der Waals surface area contributed by atoms with Gasteiger partial charge in [-0.3, -0.25) is 0 Å². The summed E-state index contributed by atoms with van der Waals surface area (Å²) in [5.41, 5.74) is 0. The van der Waals surface area contributed by atoms with Gasteiger partial charge in [-0.25, -0.2) is 0 Å². The molecule has 0 aliphatic heterocycles. The van der Waals surface area contributed by atoms with Crippen LogP contribution in [0.5, 0.6) is 0 Å². The van der Waals surface area contributed by atoms with Crippen LogP contribution in [0.2, 0.25) is 10.0 Å². The fraction of sp³-hybridized carbons (Fsp3) is 0. The maximum atomic E-state index is 12.8. The normalized spacial score (nSPS) is 9.77. The monoisotopic (exact) mass is 302 g/mol. The molecule has 0 aromatic heterocycles. The van der Waals surface area contributed by atoms with E-state index in [1.807, 2.05) is 0 Å². The Kier molecular flexibility index (Phi) is 5.39. The first kappa shape index (κ1) is 13.8. The summed E-state index contributed by atoms with van der Waals surface area (Å²) in [6.45, 7) is 0. The number of hydrogen-bond acceptors (Lipinski definition) is 0. The molecule has 0 unspecified atom stereocenters. The van der Waals surface area contributed by atoms with Crippen molar-refractivity contribution < 1.29 is 30.2 Å². The molecule has 0 spiro atoms. The second-order valence-electron chi connectivity index (χ2n) is 2.05. The quantitative estimate of drug-likeness (QED) is 0.335. The van der Waals surface area contributed by atoms with Crippen LogP contribution in [-0.4, -0.2) is 21.7 Å². The largest absolute Gasteiger partial charge is 1.00 e. The van der Waals surface area contributed by atoms with Crippen molar-refractivity contribution in [2.24, 2.45) is 0 Å². The van der Waals surface area contributed by atoms with Crippen LogP contribution in [0.15, 0.2) is 0 Å². The number of halogens is 6. The van der Waals surface area contributed by atoms with E-state index in [1.54, 1.807) is 0 Å². The van der Waals surface area contributed by atoms with Crippen LogP contribution in [-0.2, 0) is 0 Å². The van der Waals surface area contributed by atoms with Gasteiger partial charge >= 0.3 is 89.3 Å². The molecule has 1 rings (SSSR count). The summed E-state index contributed by atoms with van der Waals surface area (Å²) < 4.78 is 37.9. The fourth-order valence-electron chi connectivity index (χ4n) is 0.650. The topological polar surface area (TPSA) is 0 Å². The molecule has 7 heteroatoms. The average molecular weight is 304 g/mol. The van der Waals surface area contributed by atoms with Crippen molar-refractivity contribution in [1.29, 1.82) is 0 Å². The predicted octanol–water partition coefficient (Wildman–Crippen LogP) is -0.791. The molecule has 0 fully saturated rings. The van der Waals surface area contributed by atoms with Crippen molar-refractivity contribution in [3.8, 4) is 0 Å². The summed E-state index contributed by atoms with van der Waals surface area (Å²) in [6.07, 6.45) is 0. The summed E-state index contributed by atoms with van der Waals surface area (Å²) in [4.78, 5) is 0. The van der Waals surface area contributed by atoms with Crippen LogP contribution in [0, 0.1) is 17.5 Å². The summed E-state index contributed by atoms with van der Waals surface area (Å²) in [5, 5.41) is -1.54. The van der Waals surface area contributed by atoms with Gasteiger partial charge in [-0.2, -0.15) is 0 Å². The maximum Gasteiger partial charge on any atom is -1.00 e. The second-order valence-corrected chi connectivity index (χ2v) is 3.51. The fourth-order valence-corrected chi connectivity index (χ4v) is 1.69. The molecule has 0 aliphatic carbocycles. The zero-order chi connectivity index (χ0) is 9.46. The van der Waals surface area contributed by atoms with Crippen molar-refractivity contribution in [3.63, 3.8) is 0 Å². The molecule has 0 aliphatic rings. The number of benzene rings is 1. The van der Waals surface area contributed by atoms with E-state index < -0.39 is 27.5 Å². The molecular weight excluding hydrogens is 304 g/mol. The Balaban J connectivity index is 0.00000144. The molecule has 0 nitrogen and oxygen atoms in total. The number of hydrogen-bond donors (Lipinski definition) is 0. The minimum atomic E-state index is -1.26. The third-order valence-corrected chi connectivity index (χ3v) is 2.59. The zero-order valence-electron chi connectivity index (χ0n) is 5.97. The first-order chi connectivity index (χ1) is 5.46. The van der Waals surface area contributed by atoms with E-state index in [9.17, 15) is 13.2 Å². The molecule has 0 saturated carbocycles. The Labute approximate surface area is 106 Å². The third-order valence-electron chi connectivity index (χ3n) is 1.30. The molecule has 13 heavy (non-hydrogen) atoms. The summed E-state index contributed by atoms with van der Waals surface area (Å²) in [7, 11) is 0. The van der Waals surface area contributed by atoms with Gasteiger partial charge in [-0.05, 0) is 0 Å². The SMILES string of the molecule is Fc1[c]([Mg+])c(F)c(Cl)c(F)c1Cl.[Br-]. The van der Waals surface area contributed by atoms with Crippen LogP contribution in [0.25, 0.3) is 0 Å². The van der Waals surface area contributed by atoms with Gasteiger partial charge in [0.25, 0.3) is 0 Å². The smallest absolute Gasteiger partial charge is 1.00 e. The predicted molar refractivity (Wildman–Crippen MR) is 41.7 cm³/mol. The van der Waals surface area contributed by atoms with Crippen molar-refractivity contribution >= 4 is 48.6 Å². The molecule has 0 amide bonds. The van der Waals surface area contributed by atoms with E-state index in [0.29, 0.717) is 0 Å². The van der Waals surface area contributed by atoms with Crippen LogP contribution < -0.4 is 20.7 Å². The molecule has 0 saturated heterocycles.